The minimum Gasteiger partial charge on any atom is -0.383 e. The molecule has 0 aliphatic carbocycles. The van der Waals surface area contributed by atoms with Crippen molar-refractivity contribution >= 4 is 28.8 Å². The Morgan fingerprint density at radius 3 is 2.70 bits per heavy atom. The number of anilines is 2. The lowest BCUT2D eigenvalue weighted by atomic mass is 10.0. The third-order valence-corrected chi connectivity index (χ3v) is 4.67. The highest BCUT2D eigenvalue weighted by Crippen LogP contribution is 2.37. The Kier molecular flexibility index (Phi) is 5.06. The summed E-state index contributed by atoms with van der Waals surface area (Å²) in [6, 6.07) is 10.1. The average Bonchev–Trinajstić information content (AvgIpc) is 2.74. The van der Waals surface area contributed by atoms with Crippen LogP contribution < -0.4 is 16.1 Å². The number of fused-ring (bicyclic) bond motifs is 1. The summed E-state index contributed by atoms with van der Waals surface area (Å²) in [5.41, 5.74) is 1.51. The van der Waals surface area contributed by atoms with E-state index in [1.54, 1.807) is 23.1 Å². The smallest absolute Gasteiger partial charge is 0.383 e. The van der Waals surface area contributed by atoms with Crippen molar-refractivity contribution in [1.82, 2.24) is 0 Å². The number of halogens is 4. The van der Waals surface area contributed by atoms with E-state index in [0.29, 0.717) is 23.0 Å². The highest BCUT2D eigenvalue weighted by Gasteiger charge is 2.32. The summed E-state index contributed by atoms with van der Waals surface area (Å²) in [5.74, 6) is 5.77. The van der Waals surface area contributed by atoms with Crippen molar-refractivity contribution in [3.8, 4) is 0 Å². The first kappa shape index (κ1) is 19.1. The molecule has 2 aromatic rings. The minimum atomic E-state index is -4.47. The number of nitrogens with one attached hydrogen (secondary N) is 1. The molecule has 0 aromatic heterocycles. The molecule has 1 atom stereocenters. The van der Waals surface area contributed by atoms with Crippen LogP contribution in [0.5, 0.6) is 0 Å². The topological polar surface area (TPSA) is 53.6 Å². The van der Waals surface area contributed by atoms with Gasteiger partial charge in [-0.05, 0) is 30.3 Å². The van der Waals surface area contributed by atoms with Crippen molar-refractivity contribution < 1.29 is 13.2 Å². The van der Waals surface area contributed by atoms with Crippen molar-refractivity contribution in [2.24, 2.45) is 16.9 Å². The van der Waals surface area contributed by atoms with Crippen molar-refractivity contribution in [2.75, 3.05) is 16.8 Å². The van der Waals surface area contributed by atoms with Crippen molar-refractivity contribution in [1.29, 1.82) is 0 Å². The lowest BCUT2D eigenvalue weighted by molar-refractivity contribution is -0.137. The van der Waals surface area contributed by atoms with Gasteiger partial charge in [-0.25, -0.2) is 0 Å². The maximum Gasteiger partial charge on any atom is 0.416 e. The normalized spacial score (nSPS) is 18.0. The number of alkyl halides is 3. The van der Waals surface area contributed by atoms with Gasteiger partial charge in [-0.1, -0.05) is 37.2 Å². The van der Waals surface area contributed by atoms with E-state index < -0.39 is 11.7 Å². The van der Waals surface area contributed by atoms with Gasteiger partial charge in [0.15, 0.2) is 5.84 Å². The molecular weight excluding hydrogens is 377 g/mol. The largest absolute Gasteiger partial charge is 0.416 e. The molecule has 27 heavy (non-hydrogen) atoms. The predicted molar refractivity (Wildman–Crippen MR) is 103 cm³/mol. The summed E-state index contributed by atoms with van der Waals surface area (Å²) < 4.78 is 39.4. The third-order valence-electron chi connectivity index (χ3n) is 4.44. The van der Waals surface area contributed by atoms with Gasteiger partial charge in [0.1, 0.15) is 0 Å². The van der Waals surface area contributed by atoms with E-state index in [0.717, 1.165) is 17.8 Å². The number of amidine groups is 1. The Labute approximate surface area is 160 Å². The first-order valence-electron chi connectivity index (χ1n) is 8.20. The van der Waals surface area contributed by atoms with Crippen molar-refractivity contribution in [3.05, 3.63) is 70.9 Å². The fourth-order valence-corrected chi connectivity index (χ4v) is 3.12. The fraction of sp³-hybridized carbons (Fsp3) is 0.211. The molecule has 0 amide bonds. The van der Waals surface area contributed by atoms with E-state index in [2.05, 4.69) is 17.0 Å². The van der Waals surface area contributed by atoms with Gasteiger partial charge < -0.3 is 11.2 Å². The second-order valence-corrected chi connectivity index (χ2v) is 6.74. The molecule has 3 N–H and O–H groups in total. The summed E-state index contributed by atoms with van der Waals surface area (Å²) in [6.45, 7) is 6.66. The highest BCUT2D eigenvalue weighted by molar-refractivity contribution is 6.31. The van der Waals surface area contributed by atoms with Crippen LogP contribution >= 0.6 is 11.6 Å². The van der Waals surface area contributed by atoms with Crippen LogP contribution in [0.1, 0.15) is 18.1 Å². The predicted octanol–water partition coefficient (Wildman–Crippen LogP) is 5.06. The second-order valence-electron chi connectivity index (χ2n) is 6.30. The van der Waals surface area contributed by atoms with Crippen LogP contribution in [0, 0.1) is 5.92 Å². The van der Waals surface area contributed by atoms with Crippen molar-refractivity contribution in [2.45, 2.75) is 13.1 Å². The number of hydrazone groups is 1. The molecule has 0 radical (unpaired) electrons. The van der Waals surface area contributed by atoms with Gasteiger partial charge in [0.25, 0.3) is 0 Å². The molecule has 1 heterocycles. The van der Waals surface area contributed by atoms with E-state index in [-0.39, 0.29) is 17.3 Å². The molecule has 0 saturated heterocycles. The van der Waals surface area contributed by atoms with Crippen LogP contribution in [0.25, 0.3) is 0 Å². The Hall–Kier alpha value is -2.67. The van der Waals surface area contributed by atoms with Gasteiger partial charge in [-0.3, -0.25) is 4.90 Å². The van der Waals surface area contributed by atoms with Gasteiger partial charge >= 0.3 is 6.18 Å². The maximum absolute atomic E-state index is 13.1. The molecule has 2 aromatic carbocycles. The third kappa shape index (κ3) is 3.73. The molecule has 0 spiro atoms. The lowest BCUT2D eigenvalue weighted by Crippen LogP contribution is -2.34. The van der Waals surface area contributed by atoms with Crippen LogP contribution in [0.3, 0.4) is 0 Å². The van der Waals surface area contributed by atoms with Crippen LogP contribution in [-0.4, -0.2) is 12.4 Å². The summed E-state index contributed by atoms with van der Waals surface area (Å²) in [4.78, 5) is 1.67. The van der Waals surface area contributed by atoms with Gasteiger partial charge in [0.2, 0.25) is 0 Å². The Morgan fingerprint density at radius 1 is 1.30 bits per heavy atom. The Balaban J connectivity index is 2.15. The molecule has 142 valence electrons. The maximum atomic E-state index is 13.1. The average molecular weight is 395 g/mol. The van der Waals surface area contributed by atoms with E-state index >= 15 is 0 Å². The molecular formula is C19H18ClF3N4. The molecule has 1 aliphatic heterocycles. The summed E-state index contributed by atoms with van der Waals surface area (Å²) in [7, 11) is 0. The zero-order valence-electron chi connectivity index (χ0n) is 14.5. The van der Waals surface area contributed by atoms with Crippen LogP contribution in [-0.2, 0) is 6.18 Å². The minimum absolute atomic E-state index is 0.0151. The summed E-state index contributed by atoms with van der Waals surface area (Å²) >= 11 is 6.09. The molecule has 3 rings (SSSR count). The SMILES string of the molecule is C=C1C(C)CNc2cc(Cl)ccc2N1/C(=N\N)c1cccc(C(F)(F)F)c1. The van der Waals surface area contributed by atoms with E-state index in [4.69, 9.17) is 17.4 Å². The molecule has 0 bridgehead atoms. The molecule has 0 fully saturated rings. The van der Waals surface area contributed by atoms with Crippen LogP contribution in [0.4, 0.5) is 24.5 Å². The summed E-state index contributed by atoms with van der Waals surface area (Å²) in [5, 5.41) is 7.62. The van der Waals surface area contributed by atoms with Crippen LogP contribution in [0.15, 0.2) is 59.8 Å². The van der Waals surface area contributed by atoms with Crippen molar-refractivity contribution in [3.63, 3.8) is 0 Å². The van der Waals surface area contributed by atoms with Crippen LogP contribution in [0.2, 0.25) is 5.02 Å². The van der Waals surface area contributed by atoms with Gasteiger partial charge in [-0.2, -0.15) is 18.3 Å². The first-order chi connectivity index (χ1) is 12.7. The highest BCUT2D eigenvalue weighted by atomic mass is 35.5. The Morgan fingerprint density at radius 2 is 2.04 bits per heavy atom. The molecule has 1 aliphatic rings. The van der Waals surface area contributed by atoms with E-state index in [9.17, 15) is 13.2 Å². The zero-order chi connectivity index (χ0) is 19.8. The molecule has 1 unspecified atom stereocenters. The monoisotopic (exact) mass is 394 g/mol. The zero-order valence-corrected chi connectivity index (χ0v) is 15.3. The van der Waals surface area contributed by atoms with E-state index in [1.165, 1.54) is 12.1 Å². The number of benzene rings is 2. The van der Waals surface area contributed by atoms with Gasteiger partial charge in [-0.15, -0.1) is 0 Å². The quantitative estimate of drug-likeness (QED) is 0.307. The standard InChI is InChI=1S/C19H18ClF3N4/c1-11-10-25-16-9-15(20)6-7-17(16)27(12(11)2)18(26-24)13-4-3-5-14(8-13)19(21,22)23/h3-9,11,25H,2,10,24H2,1H3/b26-18-. The molecule has 8 heteroatoms. The van der Waals surface area contributed by atoms with Gasteiger partial charge in [0, 0.05) is 28.7 Å². The van der Waals surface area contributed by atoms with E-state index in [1.807, 2.05) is 6.92 Å². The number of rotatable bonds is 1. The Bertz CT molecular complexity index is 908. The summed E-state index contributed by atoms with van der Waals surface area (Å²) in [6.07, 6.45) is -4.47. The molecule has 0 saturated carbocycles. The van der Waals surface area contributed by atoms with Gasteiger partial charge in [0.05, 0.1) is 16.9 Å². The fourth-order valence-electron chi connectivity index (χ4n) is 2.95. The number of hydrogen-bond donors (Lipinski definition) is 2. The second kappa shape index (κ2) is 7.15. The molecule has 4 nitrogen and oxygen atoms in total. The first-order valence-corrected chi connectivity index (χ1v) is 8.58. The number of nitrogens with zero attached hydrogens (tertiary/aromatic N) is 2. The number of nitrogens with two attached hydrogens (primary N) is 1. The lowest BCUT2D eigenvalue weighted by Gasteiger charge is -2.29. The number of hydrogen-bond acceptors (Lipinski definition) is 3.